The Morgan fingerprint density at radius 1 is 1.50 bits per heavy atom. The highest BCUT2D eigenvalue weighted by Crippen LogP contribution is 2.02. The van der Waals surface area contributed by atoms with Crippen molar-refractivity contribution in [3.63, 3.8) is 0 Å². The van der Waals surface area contributed by atoms with Crippen molar-refractivity contribution in [2.75, 3.05) is 0 Å². The van der Waals surface area contributed by atoms with Gasteiger partial charge in [-0.25, -0.2) is 0 Å². The molecule has 0 N–H and O–H groups in total. The second-order valence-electron chi connectivity index (χ2n) is 2.30. The fourth-order valence-corrected chi connectivity index (χ4v) is 0.995. The van der Waals surface area contributed by atoms with E-state index in [0.717, 1.165) is 5.65 Å². The minimum absolute atomic E-state index is 0.903. The van der Waals surface area contributed by atoms with Crippen LogP contribution in [0.2, 0.25) is 0 Å². The summed E-state index contributed by atoms with van der Waals surface area (Å²) in [6.07, 6.45) is 5.58. The standard InChI is InChI=1S/C7H7N3/c1-6-4-7-9-8-2-3-10(7)5-6/h2-5H,1H3. The first-order valence-corrected chi connectivity index (χ1v) is 3.12. The Labute approximate surface area is 58.3 Å². The predicted octanol–water partition coefficient (Wildman–Crippen LogP) is 1.04. The largest absolute Gasteiger partial charge is 0.305 e. The van der Waals surface area contributed by atoms with Crippen LogP contribution in [0.15, 0.2) is 24.7 Å². The highest BCUT2D eigenvalue weighted by atomic mass is 15.2. The number of rotatable bonds is 0. The molecule has 3 heteroatoms. The molecule has 0 fully saturated rings. The van der Waals surface area contributed by atoms with Crippen LogP contribution in [0, 0.1) is 6.92 Å². The molecule has 0 bridgehead atoms. The van der Waals surface area contributed by atoms with Crippen molar-refractivity contribution in [3.8, 4) is 0 Å². The van der Waals surface area contributed by atoms with Crippen molar-refractivity contribution in [3.05, 3.63) is 30.2 Å². The molecule has 0 saturated carbocycles. The summed E-state index contributed by atoms with van der Waals surface area (Å²) in [7, 11) is 0. The van der Waals surface area contributed by atoms with Crippen LogP contribution in [-0.2, 0) is 0 Å². The zero-order valence-electron chi connectivity index (χ0n) is 5.65. The van der Waals surface area contributed by atoms with E-state index in [0.29, 0.717) is 0 Å². The minimum atomic E-state index is 0.903. The summed E-state index contributed by atoms with van der Waals surface area (Å²) >= 11 is 0. The molecule has 0 aliphatic carbocycles. The zero-order chi connectivity index (χ0) is 6.97. The number of fused-ring (bicyclic) bond motifs is 1. The molecule has 0 amide bonds. The molecule has 50 valence electrons. The van der Waals surface area contributed by atoms with Crippen LogP contribution in [0.3, 0.4) is 0 Å². The molecule has 2 aromatic rings. The second kappa shape index (κ2) is 1.80. The maximum atomic E-state index is 3.92. The van der Waals surface area contributed by atoms with Gasteiger partial charge >= 0.3 is 0 Å². The van der Waals surface area contributed by atoms with Gasteiger partial charge in [-0.05, 0) is 18.6 Å². The van der Waals surface area contributed by atoms with Crippen LogP contribution in [0.25, 0.3) is 5.65 Å². The van der Waals surface area contributed by atoms with E-state index < -0.39 is 0 Å². The highest BCUT2D eigenvalue weighted by Gasteiger charge is 1.92. The number of aryl methyl sites for hydroxylation is 1. The van der Waals surface area contributed by atoms with Crippen molar-refractivity contribution in [1.82, 2.24) is 14.6 Å². The average molecular weight is 133 g/mol. The SMILES string of the molecule is Cc1cc2nnccn2c1. The van der Waals surface area contributed by atoms with E-state index in [-0.39, 0.29) is 0 Å². The van der Waals surface area contributed by atoms with E-state index in [1.165, 1.54) is 5.56 Å². The normalized spacial score (nSPS) is 10.5. The monoisotopic (exact) mass is 133 g/mol. The van der Waals surface area contributed by atoms with Gasteiger partial charge in [0.15, 0.2) is 5.65 Å². The van der Waals surface area contributed by atoms with E-state index in [9.17, 15) is 0 Å². The first-order valence-electron chi connectivity index (χ1n) is 3.12. The maximum absolute atomic E-state index is 3.92. The number of aromatic nitrogens is 3. The Morgan fingerprint density at radius 3 is 3.20 bits per heavy atom. The topological polar surface area (TPSA) is 30.2 Å². The van der Waals surface area contributed by atoms with Crippen LogP contribution in [0.1, 0.15) is 5.56 Å². The summed E-state index contributed by atoms with van der Waals surface area (Å²) in [5.74, 6) is 0. The molecule has 10 heavy (non-hydrogen) atoms. The van der Waals surface area contributed by atoms with Gasteiger partial charge in [-0.1, -0.05) is 0 Å². The average Bonchev–Trinajstić information content (AvgIpc) is 2.27. The predicted molar refractivity (Wildman–Crippen MR) is 37.7 cm³/mol. The molecular weight excluding hydrogens is 126 g/mol. The van der Waals surface area contributed by atoms with Crippen LogP contribution in [-0.4, -0.2) is 14.6 Å². The Bertz CT molecular complexity index is 317. The van der Waals surface area contributed by atoms with Gasteiger partial charge in [0.2, 0.25) is 0 Å². The molecule has 2 heterocycles. The van der Waals surface area contributed by atoms with Gasteiger partial charge in [-0.3, -0.25) is 0 Å². The van der Waals surface area contributed by atoms with E-state index in [4.69, 9.17) is 0 Å². The van der Waals surface area contributed by atoms with Gasteiger partial charge in [0, 0.05) is 12.4 Å². The van der Waals surface area contributed by atoms with Gasteiger partial charge in [-0.2, -0.15) is 5.10 Å². The molecule has 0 spiro atoms. The van der Waals surface area contributed by atoms with Gasteiger partial charge < -0.3 is 4.40 Å². The lowest BCUT2D eigenvalue weighted by Crippen LogP contribution is -1.85. The van der Waals surface area contributed by atoms with E-state index in [1.807, 2.05) is 29.8 Å². The van der Waals surface area contributed by atoms with E-state index in [2.05, 4.69) is 10.2 Å². The van der Waals surface area contributed by atoms with Crippen molar-refractivity contribution in [2.24, 2.45) is 0 Å². The Hall–Kier alpha value is -1.38. The molecule has 0 atom stereocenters. The summed E-state index contributed by atoms with van der Waals surface area (Å²) < 4.78 is 1.95. The molecule has 0 aliphatic rings. The van der Waals surface area contributed by atoms with Gasteiger partial charge in [0.1, 0.15) is 0 Å². The fraction of sp³-hybridized carbons (Fsp3) is 0.143. The number of hydrogen-bond acceptors (Lipinski definition) is 2. The van der Waals surface area contributed by atoms with Gasteiger partial charge in [0.05, 0.1) is 6.20 Å². The third-order valence-corrected chi connectivity index (χ3v) is 1.42. The summed E-state index contributed by atoms with van der Waals surface area (Å²) in [5, 5.41) is 7.67. The van der Waals surface area contributed by atoms with Crippen molar-refractivity contribution in [2.45, 2.75) is 6.92 Å². The lowest BCUT2D eigenvalue weighted by atomic mass is 10.4. The van der Waals surface area contributed by atoms with Crippen LogP contribution >= 0.6 is 0 Å². The first kappa shape index (κ1) is 5.41. The van der Waals surface area contributed by atoms with Crippen LogP contribution < -0.4 is 0 Å². The third kappa shape index (κ3) is 0.673. The summed E-state index contributed by atoms with van der Waals surface area (Å²) in [6.45, 7) is 2.04. The molecule has 0 saturated heterocycles. The summed E-state index contributed by atoms with van der Waals surface area (Å²) in [4.78, 5) is 0. The zero-order valence-corrected chi connectivity index (χ0v) is 5.65. The Balaban J connectivity index is 2.88. The molecule has 2 aromatic heterocycles. The molecule has 0 aliphatic heterocycles. The third-order valence-electron chi connectivity index (χ3n) is 1.42. The quantitative estimate of drug-likeness (QED) is 0.537. The van der Waals surface area contributed by atoms with Crippen molar-refractivity contribution < 1.29 is 0 Å². The molecule has 0 aromatic carbocycles. The maximum Gasteiger partial charge on any atom is 0.159 e. The Morgan fingerprint density at radius 2 is 2.40 bits per heavy atom. The lowest BCUT2D eigenvalue weighted by molar-refractivity contribution is 0.983. The number of nitrogens with zero attached hydrogens (tertiary/aromatic N) is 3. The Kier molecular flexibility index (Phi) is 0.974. The van der Waals surface area contributed by atoms with Crippen LogP contribution in [0.5, 0.6) is 0 Å². The number of hydrogen-bond donors (Lipinski definition) is 0. The second-order valence-corrected chi connectivity index (χ2v) is 2.30. The minimum Gasteiger partial charge on any atom is -0.305 e. The molecular formula is C7H7N3. The van der Waals surface area contributed by atoms with Gasteiger partial charge in [0.25, 0.3) is 0 Å². The van der Waals surface area contributed by atoms with Crippen molar-refractivity contribution in [1.29, 1.82) is 0 Å². The molecule has 2 rings (SSSR count). The fourth-order valence-electron chi connectivity index (χ4n) is 0.995. The molecule has 3 nitrogen and oxygen atoms in total. The molecule has 0 unspecified atom stereocenters. The van der Waals surface area contributed by atoms with Crippen molar-refractivity contribution >= 4 is 5.65 Å². The summed E-state index contributed by atoms with van der Waals surface area (Å²) in [5.41, 5.74) is 2.11. The first-order chi connectivity index (χ1) is 4.86. The lowest BCUT2D eigenvalue weighted by Gasteiger charge is -1.86. The van der Waals surface area contributed by atoms with E-state index >= 15 is 0 Å². The molecule has 0 radical (unpaired) electrons. The van der Waals surface area contributed by atoms with Gasteiger partial charge in [-0.15, -0.1) is 5.10 Å². The van der Waals surface area contributed by atoms with Crippen LogP contribution in [0.4, 0.5) is 0 Å². The van der Waals surface area contributed by atoms with E-state index in [1.54, 1.807) is 6.20 Å². The summed E-state index contributed by atoms with van der Waals surface area (Å²) in [6, 6.07) is 1.99. The smallest absolute Gasteiger partial charge is 0.159 e. The highest BCUT2D eigenvalue weighted by molar-refractivity contribution is 5.40.